The van der Waals surface area contributed by atoms with Gasteiger partial charge in [0.05, 0.1) is 44.2 Å². The van der Waals surface area contributed by atoms with E-state index in [0.717, 1.165) is 5.56 Å². The molecule has 0 fully saturated rings. The first kappa shape index (κ1) is 19.0. The maximum absolute atomic E-state index is 12.3. The van der Waals surface area contributed by atoms with Crippen molar-refractivity contribution < 1.29 is 14.3 Å². The Balaban J connectivity index is 2.75. The van der Waals surface area contributed by atoms with Crippen molar-refractivity contribution in [2.75, 3.05) is 32.1 Å². The molecule has 24 heavy (non-hydrogen) atoms. The summed E-state index contributed by atoms with van der Waals surface area (Å²) in [5.41, 5.74) is 1.94. The van der Waals surface area contributed by atoms with E-state index in [4.69, 9.17) is 10.5 Å². The van der Waals surface area contributed by atoms with Crippen LogP contribution in [0.15, 0.2) is 18.2 Å². The maximum atomic E-state index is 12.3. The molecule has 0 aliphatic rings. The van der Waals surface area contributed by atoms with Gasteiger partial charge >= 0.3 is 5.97 Å². The van der Waals surface area contributed by atoms with E-state index in [1.54, 1.807) is 18.2 Å². The number of benzene rings is 1. The second kappa shape index (κ2) is 9.86. The molecule has 0 aliphatic carbocycles. The topological polar surface area (TPSA) is 106 Å². The number of carbonyl (C=O) groups is 2. The molecule has 0 spiro atoms. The van der Waals surface area contributed by atoms with Gasteiger partial charge in [0.25, 0.3) is 0 Å². The van der Waals surface area contributed by atoms with Crippen LogP contribution < -0.4 is 5.32 Å². The number of amides is 1. The SMILES string of the molecule is COC(=O)c1ccc(C)c(NCC(=O)N(CCC#N)CCC#N)c1. The van der Waals surface area contributed by atoms with Crippen LogP contribution in [0.5, 0.6) is 0 Å². The Hall–Kier alpha value is -3.06. The van der Waals surface area contributed by atoms with Crippen LogP contribution >= 0.6 is 0 Å². The average molecular weight is 328 g/mol. The van der Waals surface area contributed by atoms with Gasteiger partial charge in [0.15, 0.2) is 0 Å². The summed E-state index contributed by atoms with van der Waals surface area (Å²) in [5, 5.41) is 20.3. The lowest BCUT2D eigenvalue weighted by Gasteiger charge is -2.21. The summed E-state index contributed by atoms with van der Waals surface area (Å²) in [6.45, 7) is 2.46. The van der Waals surface area contributed by atoms with Crippen LogP contribution in [0.25, 0.3) is 0 Å². The van der Waals surface area contributed by atoms with Crippen molar-refractivity contribution in [1.82, 2.24) is 4.90 Å². The number of anilines is 1. The smallest absolute Gasteiger partial charge is 0.337 e. The zero-order valence-electron chi connectivity index (χ0n) is 13.8. The summed E-state index contributed by atoms with van der Waals surface area (Å²) in [6.07, 6.45) is 0.433. The number of nitrogens with one attached hydrogen (secondary N) is 1. The molecule has 1 aromatic carbocycles. The van der Waals surface area contributed by atoms with Gasteiger partial charge in [-0.25, -0.2) is 4.79 Å². The molecule has 0 bridgehead atoms. The summed E-state index contributed by atoms with van der Waals surface area (Å²) in [7, 11) is 1.31. The normalized spacial score (nSPS) is 9.50. The number of ether oxygens (including phenoxy) is 1. The van der Waals surface area contributed by atoms with Crippen molar-refractivity contribution in [2.45, 2.75) is 19.8 Å². The summed E-state index contributed by atoms with van der Waals surface area (Å²) < 4.78 is 4.68. The standard InChI is InChI=1S/C17H20N4O3/c1-13-5-6-14(17(23)24-2)11-15(13)20-12-16(22)21(9-3-7-18)10-4-8-19/h5-6,11,20H,3-4,9-10,12H2,1-2H3. The predicted octanol–water partition coefficient (Wildman–Crippen LogP) is 1.85. The van der Waals surface area contributed by atoms with Gasteiger partial charge in [0.1, 0.15) is 0 Å². The average Bonchev–Trinajstić information content (AvgIpc) is 2.60. The summed E-state index contributed by atoms with van der Waals surface area (Å²) in [4.78, 5) is 25.3. The monoisotopic (exact) mass is 328 g/mol. The van der Waals surface area contributed by atoms with E-state index in [1.165, 1.54) is 12.0 Å². The Kier molecular flexibility index (Phi) is 7.80. The highest BCUT2D eigenvalue weighted by Crippen LogP contribution is 2.17. The van der Waals surface area contributed by atoms with Crippen LogP contribution in [0, 0.1) is 29.6 Å². The Morgan fingerprint density at radius 3 is 2.38 bits per heavy atom. The van der Waals surface area contributed by atoms with Gasteiger partial charge in [0, 0.05) is 18.8 Å². The highest BCUT2D eigenvalue weighted by molar-refractivity contribution is 5.91. The van der Waals surface area contributed by atoms with Crippen LogP contribution in [0.3, 0.4) is 0 Å². The lowest BCUT2D eigenvalue weighted by molar-refractivity contribution is -0.129. The molecule has 0 unspecified atom stereocenters. The lowest BCUT2D eigenvalue weighted by atomic mass is 10.1. The van der Waals surface area contributed by atoms with Crippen LogP contribution in [0.4, 0.5) is 5.69 Å². The van der Waals surface area contributed by atoms with E-state index in [-0.39, 0.29) is 25.3 Å². The van der Waals surface area contributed by atoms with Gasteiger partial charge in [-0.3, -0.25) is 4.79 Å². The molecule has 1 aromatic rings. The molecule has 0 aromatic heterocycles. The molecule has 7 heteroatoms. The molecule has 0 atom stereocenters. The Morgan fingerprint density at radius 1 is 1.21 bits per heavy atom. The number of esters is 1. The van der Waals surface area contributed by atoms with Gasteiger partial charge in [0.2, 0.25) is 5.91 Å². The molecule has 0 aliphatic heterocycles. The molecule has 126 valence electrons. The second-order valence-electron chi connectivity index (χ2n) is 5.07. The molecule has 1 N–H and O–H groups in total. The molecular weight excluding hydrogens is 308 g/mol. The number of nitriles is 2. The zero-order valence-corrected chi connectivity index (χ0v) is 13.8. The van der Waals surface area contributed by atoms with Crippen molar-refractivity contribution >= 4 is 17.6 Å². The number of hydrogen-bond acceptors (Lipinski definition) is 6. The molecule has 0 radical (unpaired) electrons. The first-order valence-electron chi connectivity index (χ1n) is 7.48. The zero-order chi connectivity index (χ0) is 17.9. The van der Waals surface area contributed by atoms with E-state index < -0.39 is 5.97 Å². The number of hydrogen-bond donors (Lipinski definition) is 1. The second-order valence-corrected chi connectivity index (χ2v) is 5.07. The fourth-order valence-electron chi connectivity index (χ4n) is 2.07. The van der Waals surface area contributed by atoms with E-state index in [2.05, 4.69) is 10.1 Å². The van der Waals surface area contributed by atoms with Crippen LogP contribution in [0.2, 0.25) is 0 Å². The van der Waals surface area contributed by atoms with Crippen molar-refractivity contribution in [3.63, 3.8) is 0 Å². The molecule has 7 nitrogen and oxygen atoms in total. The molecular formula is C17H20N4O3. The lowest BCUT2D eigenvalue weighted by Crippen LogP contribution is -2.37. The van der Waals surface area contributed by atoms with Crippen molar-refractivity contribution in [3.05, 3.63) is 29.3 Å². The fraction of sp³-hybridized carbons (Fsp3) is 0.412. The minimum absolute atomic E-state index is 0.0162. The largest absolute Gasteiger partial charge is 0.465 e. The third kappa shape index (κ3) is 5.62. The van der Waals surface area contributed by atoms with Gasteiger partial charge in [-0.15, -0.1) is 0 Å². The molecule has 1 amide bonds. The minimum Gasteiger partial charge on any atom is -0.465 e. The van der Waals surface area contributed by atoms with E-state index >= 15 is 0 Å². The third-order valence-electron chi connectivity index (χ3n) is 3.43. The van der Waals surface area contributed by atoms with E-state index in [0.29, 0.717) is 24.3 Å². The quantitative estimate of drug-likeness (QED) is 0.730. The Morgan fingerprint density at radius 2 is 1.83 bits per heavy atom. The summed E-state index contributed by atoms with van der Waals surface area (Å²) in [6, 6.07) is 9.03. The van der Waals surface area contributed by atoms with E-state index in [1.807, 2.05) is 19.1 Å². The number of rotatable bonds is 8. The predicted molar refractivity (Wildman–Crippen MR) is 88.0 cm³/mol. The van der Waals surface area contributed by atoms with Crippen molar-refractivity contribution in [2.24, 2.45) is 0 Å². The van der Waals surface area contributed by atoms with Crippen LogP contribution in [-0.2, 0) is 9.53 Å². The van der Waals surface area contributed by atoms with Gasteiger partial charge in [-0.1, -0.05) is 6.07 Å². The van der Waals surface area contributed by atoms with Gasteiger partial charge < -0.3 is 15.0 Å². The summed E-state index contributed by atoms with van der Waals surface area (Å²) in [5.74, 6) is -0.655. The molecule has 0 heterocycles. The first-order valence-corrected chi connectivity index (χ1v) is 7.48. The summed E-state index contributed by atoms with van der Waals surface area (Å²) >= 11 is 0. The molecule has 1 rings (SSSR count). The highest BCUT2D eigenvalue weighted by Gasteiger charge is 2.14. The number of carbonyl (C=O) groups excluding carboxylic acids is 2. The number of nitrogens with zero attached hydrogens (tertiary/aromatic N) is 3. The van der Waals surface area contributed by atoms with Gasteiger partial charge in [-0.05, 0) is 24.6 Å². The van der Waals surface area contributed by atoms with Crippen LogP contribution in [0.1, 0.15) is 28.8 Å². The molecule has 0 saturated heterocycles. The molecule has 0 saturated carbocycles. The van der Waals surface area contributed by atoms with E-state index in [9.17, 15) is 9.59 Å². The Labute approximate surface area is 141 Å². The van der Waals surface area contributed by atoms with Gasteiger partial charge in [-0.2, -0.15) is 10.5 Å². The Bertz CT molecular complexity index is 655. The first-order chi connectivity index (χ1) is 11.5. The highest BCUT2D eigenvalue weighted by atomic mass is 16.5. The van der Waals surface area contributed by atoms with Crippen LogP contribution in [-0.4, -0.2) is 43.5 Å². The van der Waals surface area contributed by atoms with Crippen molar-refractivity contribution in [1.29, 1.82) is 10.5 Å². The number of aryl methyl sites for hydroxylation is 1. The third-order valence-corrected chi connectivity index (χ3v) is 3.43. The number of methoxy groups -OCH3 is 1. The maximum Gasteiger partial charge on any atom is 0.337 e. The van der Waals surface area contributed by atoms with Crippen molar-refractivity contribution in [3.8, 4) is 12.1 Å². The fourth-order valence-corrected chi connectivity index (χ4v) is 2.07. The minimum atomic E-state index is -0.450.